The second-order valence-electron chi connectivity index (χ2n) is 6.67. The maximum Gasteiger partial charge on any atom is 0.290 e. The zero-order valence-corrected chi connectivity index (χ0v) is 18.3. The maximum atomic E-state index is 12.6. The number of methoxy groups -OCH3 is 2. The number of hydrogen-bond acceptors (Lipinski definition) is 7. The van der Waals surface area contributed by atoms with Gasteiger partial charge in [-0.15, -0.1) is 0 Å². The summed E-state index contributed by atoms with van der Waals surface area (Å²) in [7, 11) is 3.18. The molecule has 0 unspecified atom stereocenters. The number of furan rings is 1. The van der Waals surface area contributed by atoms with Gasteiger partial charge in [0, 0.05) is 49.4 Å². The third-order valence-electron chi connectivity index (χ3n) is 5.03. The number of fused-ring (bicyclic) bond motifs is 1. The van der Waals surface area contributed by atoms with E-state index >= 15 is 0 Å². The molecule has 1 amide bonds. The van der Waals surface area contributed by atoms with Crippen LogP contribution in [0.15, 0.2) is 34.9 Å². The number of pyridine rings is 1. The molecule has 2 aromatic heterocycles. The number of rotatable bonds is 4. The van der Waals surface area contributed by atoms with Gasteiger partial charge in [-0.1, -0.05) is 0 Å². The number of halogens is 1. The average molecular weight is 508 g/mol. The molecule has 3 aromatic rings. The number of benzene rings is 1. The first-order valence-corrected chi connectivity index (χ1v) is 10.2. The largest absolute Gasteiger partial charge is 0.493 e. The highest BCUT2D eigenvalue weighted by molar-refractivity contribution is 14.1. The first-order valence-electron chi connectivity index (χ1n) is 9.11. The van der Waals surface area contributed by atoms with Crippen LogP contribution in [0, 0.1) is 3.57 Å². The Kier molecular flexibility index (Phi) is 5.39. The van der Waals surface area contributed by atoms with Crippen LogP contribution >= 0.6 is 22.6 Å². The maximum absolute atomic E-state index is 12.6. The van der Waals surface area contributed by atoms with Crippen LogP contribution in [-0.2, 0) is 0 Å². The Hall–Kier alpha value is -2.69. The van der Waals surface area contributed by atoms with Gasteiger partial charge in [-0.25, -0.2) is 4.98 Å². The van der Waals surface area contributed by atoms with Crippen molar-refractivity contribution in [1.29, 1.82) is 0 Å². The van der Waals surface area contributed by atoms with E-state index in [1.54, 1.807) is 25.2 Å². The van der Waals surface area contributed by atoms with E-state index in [0.29, 0.717) is 49.1 Å². The van der Waals surface area contributed by atoms with E-state index in [2.05, 4.69) is 27.5 Å². The van der Waals surface area contributed by atoms with Crippen LogP contribution in [0.4, 0.5) is 11.5 Å². The van der Waals surface area contributed by atoms with Crippen molar-refractivity contribution in [2.75, 3.05) is 51.0 Å². The fourth-order valence-electron chi connectivity index (χ4n) is 3.46. The predicted octanol–water partition coefficient (Wildman–Crippen LogP) is 2.99. The molecule has 0 aliphatic carbocycles. The SMILES string of the molecule is COc1cc2nc(N3CCN(C(=O)c4occc4I)CC3)cc(N)c2cc1OC. The smallest absolute Gasteiger partial charge is 0.290 e. The number of nitrogen functional groups attached to an aromatic ring is 1. The summed E-state index contributed by atoms with van der Waals surface area (Å²) >= 11 is 2.11. The number of nitrogens with zero attached hydrogens (tertiary/aromatic N) is 3. The minimum atomic E-state index is -0.0816. The van der Waals surface area contributed by atoms with Crippen molar-refractivity contribution in [2.45, 2.75) is 0 Å². The molecule has 0 radical (unpaired) electrons. The van der Waals surface area contributed by atoms with Gasteiger partial charge in [0.25, 0.3) is 5.91 Å². The highest BCUT2D eigenvalue weighted by Gasteiger charge is 2.26. The summed E-state index contributed by atoms with van der Waals surface area (Å²) in [6.45, 7) is 2.49. The third kappa shape index (κ3) is 3.66. The van der Waals surface area contributed by atoms with Gasteiger partial charge in [0.2, 0.25) is 5.76 Å². The van der Waals surface area contributed by atoms with Crippen molar-refractivity contribution >= 4 is 50.9 Å². The molecular formula is C20H21IN4O4. The Morgan fingerprint density at radius 2 is 1.83 bits per heavy atom. The number of anilines is 2. The highest BCUT2D eigenvalue weighted by Crippen LogP contribution is 2.35. The van der Waals surface area contributed by atoms with Crippen molar-refractivity contribution in [3.63, 3.8) is 0 Å². The normalized spacial score (nSPS) is 14.3. The zero-order chi connectivity index (χ0) is 20.5. The second-order valence-corrected chi connectivity index (χ2v) is 7.83. The molecule has 0 saturated carbocycles. The number of aromatic nitrogens is 1. The quantitative estimate of drug-likeness (QED) is 0.542. The lowest BCUT2D eigenvalue weighted by molar-refractivity contribution is 0.0713. The summed E-state index contributed by atoms with van der Waals surface area (Å²) in [5.41, 5.74) is 7.65. The Morgan fingerprint density at radius 1 is 1.14 bits per heavy atom. The molecular weight excluding hydrogens is 487 g/mol. The molecule has 1 saturated heterocycles. The van der Waals surface area contributed by atoms with Gasteiger partial charge in [0.05, 0.1) is 29.6 Å². The van der Waals surface area contributed by atoms with Crippen LogP contribution in [-0.4, -0.2) is 56.2 Å². The molecule has 1 aliphatic rings. The van der Waals surface area contributed by atoms with E-state index in [0.717, 1.165) is 20.3 Å². The number of piperazine rings is 1. The van der Waals surface area contributed by atoms with Crippen molar-refractivity contribution in [3.8, 4) is 11.5 Å². The summed E-state index contributed by atoms with van der Waals surface area (Å²) in [6.07, 6.45) is 1.54. The topological polar surface area (TPSA) is 94.1 Å². The van der Waals surface area contributed by atoms with Crippen LogP contribution in [0.2, 0.25) is 0 Å². The van der Waals surface area contributed by atoms with Gasteiger partial charge in [-0.3, -0.25) is 4.79 Å². The molecule has 29 heavy (non-hydrogen) atoms. The van der Waals surface area contributed by atoms with Gasteiger partial charge < -0.3 is 29.4 Å². The molecule has 1 aliphatic heterocycles. The molecule has 2 N–H and O–H groups in total. The standard InChI is InChI=1S/C20H21IN4O4/c1-27-16-9-12-14(22)10-18(23-15(12)11-17(16)28-2)24-4-6-25(7-5-24)20(26)19-13(21)3-8-29-19/h3,8-11H,4-7H2,1-2H3,(H2,22,23). The first kappa shape index (κ1) is 19.6. The second kappa shape index (κ2) is 7.97. The number of carbonyl (C=O) groups excluding carboxylic acids is 1. The van der Waals surface area contributed by atoms with E-state index in [4.69, 9.17) is 24.6 Å². The van der Waals surface area contributed by atoms with Gasteiger partial charge in [0.15, 0.2) is 11.5 Å². The molecule has 0 spiro atoms. The van der Waals surface area contributed by atoms with Crippen molar-refractivity contribution < 1.29 is 18.7 Å². The van der Waals surface area contributed by atoms with Crippen molar-refractivity contribution in [2.24, 2.45) is 0 Å². The van der Waals surface area contributed by atoms with Gasteiger partial charge in [0.1, 0.15) is 5.82 Å². The van der Waals surface area contributed by atoms with Gasteiger partial charge in [-0.05, 0) is 34.7 Å². The summed E-state index contributed by atoms with van der Waals surface area (Å²) in [5.74, 6) is 2.31. The summed E-state index contributed by atoms with van der Waals surface area (Å²) in [6, 6.07) is 7.31. The number of nitrogens with two attached hydrogens (primary N) is 1. The molecule has 3 heterocycles. The van der Waals surface area contributed by atoms with E-state index in [1.165, 1.54) is 6.26 Å². The first-order chi connectivity index (χ1) is 14.0. The Labute approximate surface area is 181 Å². The Morgan fingerprint density at radius 3 is 2.45 bits per heavy atom. The van der Waals surface area contributed by atoms with Crippen LogP contribution in [0.3, 0.4) is 0 Å². The van der Waals surface area contributed by atoms with E-state index in [1.807, 2.05) is 18.2 Å². The van der Waals surface area contributed by atoms with Gasteiger partial charge >= 0.3 is 0 Å². The summed E-state index contributed by atoms with van der Waals surface area (Å²) in [5, 5.41) is 0.813. The average Bonchev–Trinajstić information content (AvgIpc) is 3.18. The zero-order valence-electron chi connectivity index (χ0n) is 16.1. The van der Waals surface area contributed by atoms with E-state index in [-0.39, 0.29) is 5.91 Å². The van der Waals surface area contributed by atoms with Gasteiger partial charge in [-0.2, -0.15) is 0 Å². The molecule has 0 atom stereocenters. The van der Waals surface area contributed by atoms with Crippen LogP contribution in [0.5, 0.6) is 11.5 Å². The lowest BCUT2D eigenvalue weighted by Crippen LogP contribution is -2.49. The van der Waals surface area contributed by atoms with Crippen LogP contribution < -0.4 is 20.1 Å². The lowest BCUT2D eigenvalue weighted by atomic mass is 10.1. The number of ether oxygens (including phenoxy) is 2. The fraction of sp³-hybridized carbons (Fsp3) is 0.300. The number of amides is 1. The summed E-state index contributed by atoms with van der Waals surface area (Å²) in [4.78, 5) is 21.3. The molecule has 8 nitrogen and oxygen atoms in total. The van der Waals surface area contributed by atoms with E-state index < -0.39 is 0 Å². The molecule has 9 heteroatoms. The monoisotopic (exact) mass is 508 g/mol. The highest BCUT2D eigenvalue weighted by atomic mass is 127. The number of carbonyl (C=O) groups is 1. The molecule has 1 fully saturated rings. The Bertz CT molecular complexity index is 1060. The third-order valence-corrected chi connectivity index (χ3v) is 5.88. The predicted molar refractivity (Wildman–Crippen MR) is 119 cm³/mol. The Balaban J connectivity index is 1.55. The van der Waals surface area contributed by atoms with Crippen molar-refractivity contribution in [1.82, 2.24) is 9.88 Å². The van der Waals surface area contributed by atoms with E-state index in [9.17, 15) is 4.79 Å². The molecule has 4 rings (SSSR count). The van der Waals surface area contributed by atoms with Crippen molar-refractivity contribution in [3.05, 3.63) is 39.9 Å². The minimum Gasteiger partial charge on any atom is -0.493 e. The summed E-state index contributed by atoms with van der Waals surface area (Å²) < 4.78 is 16.9. The molecule has 0 bridgehead atoms. The minimum absolute atomic E-state index is 0.0816. The fourth-order valence-corrected chi connectivity index (χ4v) is 3.96. The molecule has 1 aromatic carbocycles. The van der Waals surface area contributed by atoms with Crippen LogP contribution in [0.1, 0.15) is 10.6 Å². The molecule has 152 valence electrons. The van der Waals surface area contributed by atoms with Crippen LogP contribution in [0.25, 0.3) is 10.9 Å². The number of hydrogen-bond donors (Lipinski definition) is 1. The lowest BCUT2D eigenvalue weighted by Gasteiger charge is -2.35.